The lowest BCUT2D eigenvalue weighted by molar-refractivity contribution is 0.0123. The highest BCUT2D eigenvalue weighted by atomic mass is 35.5. The van der Waals surface area contributed by atoms with E-state index in [2.05, 4.69) is 0 Å². The van der Waals surface area contributed by atoms with Crippen molar-refractivity contribution in [3.8, 4) is 0 Å². The molecular formula is C7H14ClNO3S. The molecule has 1 atom stereocenters. The molecule has 0 aromatic carbocycles. The fourth-order valence-corrected chi connectivity index (χ4v) is 2.52. The van der Waals surface area contributed by atoms with Gasteiger partial charge >= 0.3 is 0 Å². The number of morpholine rings is 1. The lowest BCUT2D eigenvalue weighted by Gasteiger charge is -2.30. The van der Waals surface area contributed by atoms with Crippen molar-refractivity contribution in [3.05, 3.63) is 0 Å². The largest absolute Gasteiger partial charge is 0.374 e. The fraction of sp³-hybridized carbons (Fsp3) is 1.00. The molecule has 1 heterocycles. The summed E-state index contributed by atoms with van der Waals surface area (Å²) in [6, 6.07) is 0. The van der Waals surface area contributed by atoms with Crippen LogP contribution < -0.4 is 0 Å². The second-order valence-electron chi connectivity index (χ2n) is 2.91. The molecule has 1 rings (SSSR count). The average molecular weight is 228 g/mol. The standard InChI is InChI=1S/C7H14ClNO3S/c1-2-13(10,11)9-3-4-12-7(5-8)6-9/h7H,2-6H2,1H3. The molecule has 1 unspecified atom stereocenters. The van der Waals surface area contributed by atoms with Crippen LogP contribution in [-0.4, -0.2) is 50.2 Å². The van der Waals surface area contributed by atoms with Crippen LogP contribution in [0.15, 0.2) is 0 Å². The minimum Gasteiger partial charge on any atom is -0.374 e. The molecule has 0 aromatic rings. The normalized spacial score (nSPS) is 26.2. The van der Waals surface area contributed by atoms with Crippen molar-refractivity contribution in [2.45, 2.75) is 13.0 Å². The third-order valence-corrected chi connectivity index (χ3v) is 4.22. The minimum absolute atomic E-state index is 0.141. The third kappa shape index (κ3) is 2.80. The quantitative estimate of drug-likeness (QED) is 0.651. The predicted octanol–water partition coefficient (Wildman–Crippen LogP) is 0.276. The second kappa shape index (κ2) is 4.59. The SMILES string of the molecule is CCS(=O)(=O)N1CCOC(CCl)C1. The van der Waals surface area contributed by atoms with E-state index in [4.69, 9.17) is 16.3 Å². The van der Waals surface area contributed by atoms with Crippen LogP contribution in [0.4, 0.5) is 0 Å². The lowest BCUT2D eigenvalue weighted by atomic mass is 10.3. The third-order valence-electron chi connectivity index (χ3n) is 2.03. The van der Waals surface area contributed by atoms with Crippen LogP contribution >= 0.6 is 11.6 Å². The molecule has 1 aliphatic rings. The highest BCUT2D eigenvalue weighted by Gasteiger charge is 2.27. The van der Waals surface area contributed by atoms with Crippen LogP contribution in [0.3, 0.4) is 0 Å². The first-order valence-corrected chi connectivity index (χ1v) is 6.40. The summed E-state index contributed by atoms with van der Waals surface area (Å²) >= 11 is 5.59. The zero-order valence-electron chi connectivity index (χ0n) is 7.57. The molecule has 1 fully saturated rings. The summed E-state index contributed by atoms with van der Waals surface area (Å²) in [5, 5.41) is 0. The van der Waals surface area contributed by atoms with Crippen molar-refractivity contribution >= 4 is 21.6 Å². The number of halogens is 1. The smallest absolute Gasteiger partial charge is 0.213 e. The monoisotopic (exact) mass is 227 g/mol. The Labute approximate surface area is 83.9 Å². The summed E-state index contributed by atoms with van der Waals surface area (Å²) in [4.78, 5) is 0. The molecule has 0 saturated carbocycles. The number of nitrogens with zero attached hydrogens (tertiary/aromatic N) is 1. The molecule has 0 radical (unpaired) electrons. The molecule has 0 N–H and O–H groups in total. The molecule has 0 spiro atoms. The van der Waals surface area contributed by atoms with Gasteiger partial charge in [0.1, 0.15) is 0 Å². The van der Waals surface area contributed by atoms with Crippen LogP contribution in [0.1, 0.15) is 6.92 Å². The maximum atomic E-state index is 11.4. The predicted molar refractivity (Wildman–Crippen MR) is 51.5 cm³/mol. The van der Waals surface area contributed by atoms with E-state index in [1.165, 1.54) is 4.31 Å². The molecule has 1 aliphatic heterocycles. The van der Waals surface area contributed by atoms with E-state index < -0.39 is 10.0 Å². The van der Waals surface area contributed by atoms with Gasteiger partial charge in [-0.1, -0.05) is 0 Å². The van der Waals surface area contributed by atoms with Gasteiger partial charge < -0.3 is 4.74 Å². The number of hydrogen-bond acceptors (Lipinski definition) is 3. The number of hydrogen-bond donors (Lipinski definition) is 0. The van der Waals surface area contributed by atoms with Gasteiger partial charge in [-0.15, -0.1) is 11.6 Å². The summed E-state index contributed by atoms with van der Waals surface area (Å²) in [6.07, 6.45) is -0.156. The van der Waals surface area contributed by atoms with Crippen LogP contribution in [0.5, 0.6) is 0 Å². The molecule has 1 saturated heterocycles. The van der Waals surface area contributed by atoms with Crippen LogP contribution in [0, 0.1) is 0 Å². The minimum atomic E-state index is -3.07. The topological polar surface area (TPSA) is 46.6 Å². The summed E-state index contributed by atoms with van der Waals surface area (Å²) in [5.74, 6) is 0.484. The lowest BCUT2D eigenvalue weighted by Crippen LogP contribution is -2.46. The zero-order chi connectivity index (χ0) is 9.90. The van der Waals surface area contributed by atoms with Gasteiger partial charge in [0.25, 0.3) is 0 Å². The van der Waals surface area contributed by atoms with Gasteiger partial charge in [0.15, 0.2) is 0 Å². The highest BCUT2D eigenvalue weighted by molar-refractivity contribution is 7.89. The second-order valence-corrected chi connectivity index (χ2v) is 5.47. The Morgan fingerprint density at radius 3 is 2.85 bits per heavy atom. The first-order valence-electron chi connectivity index (χ1n) is 4.25. The summed E-state index contributed by atoms with van der Waals surface area (Å²) in [7, 11) is -3.07. The molecule has 13 heavy (non-hydrogen) atoms. The first-order chi connectivity index (χ1) is 6.10. The van der Waals surface area contributed by atoms with E-state index in [0.29, 0.717) is 25.6 Å². The Balaban J connectivity index is 2.61. The van der Waals surface area contributed by atoms with E-state index in [1.807, 2.05) is 0 Å². The van der Waals surface area contributed by atoms with E-state index in [1.54, 1.807) is 6.92 Å². The zero-order valence-corrected chi connectivity index (χ0v) is 9.14. The molecule has 6 heteroatoms. The Hall–Kier alpha value is 0.160. The van der Waals surface area contributed by atoms with Crippen molar-refractivity contribution in [2.75, 3.05) is 31.3 Å². The number of ether oxygens (including phenoxy) is 1. The highest BCUT2D eigenvalue weighted by Crippen LogP contribution is 2.11. The van der Waals surface area contributed by atoms with Gasteiger partial charge in [0.2, 0.25) is 10.0 Å². The Morgan fingerprint density at radius 2 is 2.31 bits per heavy atom. The molecule has 0 aliphatic carbocycles. The molecule has 0 amide bonds. The van der Waals surface area contributed by atoms with Gasteiger partial charge in [-0.3, -0.25) is 0 Å². The Bertz CT molecular complexity index is 254. The van der Waals surface area contributed by atoms with Gasteiger partial charge in [-0.25, -0.2) is 8.42 Å². The number of alkyl halides is 1. The van der Waals surface area contributed by atoms with E-state index in [0.717, 1.165) is 0 Å². The van der Waals surface area contributed by atoms with Crippen molar-refractivity contribution in [1.82, 2.24) is 4.31 Å². The maximum Gasteiger partial charge on any atom is 0.213 e. The first kappa shape index (κ1) is 11.2. The molecule has 0 bridgehead atoms. The Morgan fingerprint density at radius 1 is 1.62 bits per heavy atom. The van der Waals surface area contributed by atoms with Gasteiger partial charge in [-0.2, -0.15) is 4.31 Å². The Kier molecular flexibility index (Phi) is 3.97. The van der Waals surface area contributed by atoms with Crippen molar-refractivity contribution in [2.24, 2.45) is 0 Å². The summed E-state index contributed by atoms with van der Waals surface area (Å²) < 4.78 is 29.6. The molecule has 4 nitrogen and oxygen atoms in total. The summed E-state index contributed by atoms with van der Waals surface area (Å²) in [5.41, 5.74) is 0. The number of sulfonamides is 1. The summed E-state index contributed by atoms with van der Waals surface area (Å²) in [6.45, 7) is 2.92. The van der Waals surface area contributed by atoms with Crippen molar-refractivity contribution in [3.63, 3.8) is 0 Å². The van der Waals surface area contributed by atoms with E-state index in [9.17, 15) is 8.42 Å². The maximum absolute atomic E-state index is 11.4. The number of rotatable bonds is 3. The molecular weight excluding hydrogens is 214 g/mol. The van der Waals surface area contributed by atoms with Crippen LogP contribution in [0.2, 0.25) is 0 Å². The van der Waals surface area contributed by atoms with Gasteiger partial charge in [0.05, 0.1) is 18.5 Å². The fourth-order valence-electron chi connectivity index (χ4n) is 1.22. The van der Waals surface area contributed by atoms with Crippen LogP contribution in [0.25, 0.3) is 0 Å². The molecule has 78 valence electrons. The average Bonchev–Trinajstić information content (AvgIpc) is 2.18. The van der Waals surface area contributed by atoms with Crippen molar-refractivity contribution < 1.29 is 13.2 Å². The van der Waals surface area contributed by atoms with Crippen LogP contribution in [-0.2, 0) is 14.8 Å². The van der Waals surface area contributed by atoms with Crippen molar-refractivity contribution in [1.29, 1.82) is 0 Å². The van der Waals surface area contributed by atoms with Gasteiger partial charge in [-0.05, 0) is 6.92 Å². The van der Waals surface area contributed by atoms with E-state index >= 15 is 0 Å². The van der Waals surface area contributed by atoms with E-state index in [-0.39, 0.29) is 11.9 Å². The molecule has 0 aromatic heterocycles. The van der Waals surface area contributed by atoms with Gasteiger partial charge in [0, 0.05) is 19.0 Å².